The van der Waals surface area contributed by atoms with Gasteiger partial charge in [-0.15, -0.1) is 11.8 Å². The molecule has 2 N–H and O–H groups in total. The molecule has 0 fully saturated rings. The first-order valence-electron chi connectivity index (χ1n) is 12.9. The molecule has 2 unspecified atom stereocenters. The van der Waals surface area contributed by atoms with Crippen molar-refractivity contribution >= 4 is 23.7 Å². The summed E-state index contributed by atoms with van der Waals surface area (Å²) in [4.78, 5) is 24.6. The molecule has 0 bridgehead atoms. The first-order valence-corrected chi connectivity index (χ1v) is 13.8. The van der Waals surface area contributed by atoms with Crippen LogP contribution in [0.2, 0.25) is 0 Å². The number of benzene rings is 3. The molecular formula is C31H36O5S. The highest BCUT2D eigenvalue weighted by atomic mass is 32.2. The van der Waals surface area contributed by atoms with Crippen molar-refractivity contribution in [2.45, 2.75) is 67.6 Å². The van der Waals surface area contributed by atoms with E-state index in [1.165, 1.54) is 56.2 Å². The largest absolute Gasteiger partial charge is 0.478 e. The number of carbonyl (C=O) groups excluding carboxylic acids is 1. The van der Waals surface area contributed by atoms with E-state index < -0.39 is 23.3 Å². The van der Waals surface area contributed by atoms with Gasteiger partial charge in [0.2, 0.25) is 0 Å². The predicted molar refractivity (Wildman–Crippen MR) is 148 cm³/mol. The van der Waals surface area contributed by atoms with E-state index in [0.29, 0.717) is 4.90 Å². The van der Waals surface area contributed by atoms with Crippen LogP contribution in [0.15, 0.2) is 83.8 Å². The smallest absolute Gasteiger partial charge is 0.336 e. The van der Waals surface area contributed by atoms with Crippen molar-refractivity contribution in [1.82, 2.24) is 0 Å². The van der Waals surface area contributed by atoms with Gasteiger partial charge in [0, 0.05) is 4.90 Å². The summed E-state index contributed by atoms with van der Waals surface area (Å²) in [7, 11) is 1.24. The Morgan fingerprint density at radius 2 is 1.38 bits per heavy atom. The number of thioether (sulfide) groups is 1. The van der Waals surface area contributed by atoms with Gasteiger partial charge in [0.15, 0.2) is 6.10 Å². The van der Waals surface area contributed by atoms with E-state index in [2.05, 4.69) is 24.3 Å². The second kappa shape index (κ2) is 15.2. The molecule has 0 aliphatic carbocycles. The summed E-state index contributed by atoms with van der Waals surface area (Å²) in [5.74, 6) is -1.79. The van der Waals surface area contributed by atoms with Gasteiger partial charge in [-0.25, -0.2) is 9.59 Å². The standard InChI is InChI=1S/C31H36O5S/c1-36-31(35)28(32)29(37-27-22-14-13-21-26(27)30(33)34)25-20-12-11-19-24(25)18-10-5-3-2-4-7-15-23-16-8-6-9-17-23/h6,8-9,11-14,16-17,19-22,28-29,32H,2-5,7,10,15,18H2,1H3,(H,33,34). The number of hydrogen-bond donors (Lipinski definition) is 2. The third-order valence-electron chi connectivity index (χ3n) is 6.47. The molecule has 0 spiro atoms. The molecule has 0 amide bonds. The van der Waals surface area contributed by atoms with Crippen LogP contribution < -0.4 is 0 Å². The minimum absolute atomic E-state index is 0.138. The predicted octanol–water partition coefficient (Wildman–Crippen LogP) is 6.88. The Morgan fingerprint density at radius 3 is 2.08 bits per heavy atom. The van der Waals surface area contributed by atoms with Crippen LogP contribution in [-0.4, -0.2) is 35.4 Å². The summed E-state index contributed by atoms with van der Waals surface area (Å²) in [6.45, 7) is 0. The Kier molecular flexibility index (Phi) is 11.7. The van der Waals surface area contributed by atoms with Gasteiger partial charge in [-0.2, -0.15) is 0 Å². The van der Waals surface area contributed by atoms with Gasteiger partial charge in [-0.05, 0) is 54.5 Å². The molecule has 0 saturated heterocycles. The zero-order valence-electron chi connectivity index (χ0n) is 21.3. The Balaban J connectivity index is 1.61. The number of carbonyl (C=O) groups is 2. The lowest BCUT2D eigenvalue weighted by atomic mass is 9.96. The molecule has 2 atom stereocenters. The lowest BCUT2D eigenvalue weighted by Crippen LogP contribution is -2.28. The summed E-state index contributed by atoms with van der Waals surface area (Å²) in [5.41, 5.74) is 3.42. The Bertz CT molecular complexity index is 1130. The molecule has 0 aliphatic heterocycles. The number of esters is 1. The van der Waals surface area contributed by atoms with Crippen LogP contribution >= 0.6 is 11.8 Å². The molecule has 0 aromatic heterocycles. The number of carboxylic acid groups (broad SMARTS) is 1. The topological polar surface area (TPSA) is 83.8 Å². The zero-order chi connectivity index (χ0) is 26.5. The zero-order valence-corrected chi connectivity index (χ0v) is 22.2. The molecule has 0 radical (unpaired) electrons. The van der Waals surface area contributed by atoms with Crippen LogP contribution in [0.4, 0.5) is 0 Å². The molecule has 3 rings (SSSR count). The number of hydrogen-bond acceptors (Lipinski definition) is 5. The van der Waals surface area contributed by atoms with Crippen molar-refractivity contribution in [3.63, 3.8) is 0 Å². The fourth-order valence-corrected chi connectivity index (χ4v) is 5.77. The molecular weight excluding hydrogens is 484 g/mol. The Hall–Kier alpha value is -3.09. The summed E-state index contributed by atoms with van der Waals surface area (Å²) in [6, 6.07) is 25.0. The molecule has 3 aromatic rings. The van der Waals surface area contributed by atoms with Gasteiger partial charge in [0.1, 0.15) is 0 Å². The van der Waals surface area contributed by atoms with E-state index in [0.717, 1.165) is 36.8 Å². The average Bonchev–Trinajstić information content (AvgIpc) is 2.93. The van der Waals surface area contributed by atoms with Gasteiger partial charge in [0.05, 0.1) is 17.9 Å². The van der Waals surface area contributed by atoms with Gasteiger partial charge >= 0.3 is 11.9 Å². The lowest BCUT2D eigenvalue weighted by molar-refractivity contribution is -0.150. The van der Waals surface area contributed by atoms with Crippen molar-refractivity contribution in [1.29, 1.82) is 0 Å². The number of ether oxygens (including phenoxy) is 1. The molecule has 5 nitrogen and oxygen atoms in total. The van der Waals surface area contributed by atoms with Gasteiger partial charge in [-0.1, -0.05) is 92.4 Å². The van der Waals surface area contributed by atoms with Crippen molar-refractivity contribution in [2.24, 2.45) is 0 Å². The van der Waals surface area contributed by atoms with E-state index >= 15 is 0 Å². The quantitative estimate of drug-likeness (QED) is 0.129. The van der Waals surface area contributed by atoms with E-state index in [1.807, 2.05) is 30.3 Å². The van der Waals surface area contributed by atoms with E-state index in [9.17, 15) is 19.8 Å². The number of unbranched alkanes of at least 4 members (excludes halogenated alkanes) is 5. The Morgan fingerprint density at radius 1 is 0.784 bits per heavy atom. The van der Waals surface area contributed by atoms with Crippen LogP contribution in [-0.2, 0) is 22.4 Å². The monoisotopic (exact) mass is 520 g/mol. The maximum atomic E-state index is 12.3. The van der Waals surface area contributed by atoms with Gasteiger partial charge in [-0.3, -0.25) is 0 Å². The van der Waals surface area contributed by atoms with Crippen LogP contribution in [0.25, 0.3) is 0 Å². The minimum Gasteiger partial charge on any atom is -0.478 e. The number of aromatic carboxylic acids is 1. The van der Waals surface area contributed by atoms with E-state index in [4.69, 9.17) is 4.74 Å². The first-order chi connectivity index (χ1) is 18.0. The maximum Gasteiger partial charge on any atom is 0.336 e. The highest BCUT2D eigenvalue weighted by molar-refractivity contribution is 7.99. The molecule has 196 valence electrons. The highest BCUT2D eigenvalue weighted by Crippen LogP contribution is 2.41. The van der Waals surface area contributed by atoms with Crippen molar-refractivity contribution < 1.29 is 24.5 Å². The fourth-order valence-electron chi connectivity index (χ4n) is 4.46. The van der Waals surface area contributed by atoms with E-state index in [1.54, 1.807) is 18.2 Å². The van der Waals surface area contributed by atoms with Crippen molar-refractivity contribution in [3.05, 3.63) is 101 Å². The fraction of sp³-hybridized carbons (Fsp3) is 0.355. The summed E-state index contributed by atoms with van der Waals surface area (Å²) < 4.78 is 4.82. The van der Waals surface area contributed by atoms with E-state index in [-0.39, 0.29) is 5.56 Å². The lowest BCUT2D eigenvalue weighted by Gasteiger charge is -2.24. The molecule has 6 heteroatoms. The third-order valence-corrected chi connectivity index (χ3v) is 7.84. The first kappa shape index (κ1) is 28.5. The molecule has 0 heterocycles. The summed E-state index contributed by atoms with van der Waals surface area (Å²) in [6.07, 6.45) is 7.44. The molecule has 3 aromatic carbocycles. The second-order valence-electron chi connectivity index (χ2n) is 9.11. The van der Waals surface area contributed by atoms with Crippen molar-refractivity contribution in [3.8, 4) is 0 Å². The molecule has 0 saturated carbocycles. The maximum absolute atomic E-state index is 12.3. The number of aryl methyl sites for hydroxylation is 2. The molecule has 37 heavy (non-hydrogen) atoms. The van der Waals surface area contributed by atoms with Gasteiger partial charge in [0.25, 0.3) is 0 Å². The number of rotatable bonds is 15. The van der Waals surface area contributed by atoms with Crippen molar-refractivity contribution in [2.75, 3.05) is 7.11 Å². The third kappa shape index (κ3) is 8.76. The minimum atomic E-state index is -1.43. The number of carboxylic acids is 1. The van der Waals surface area contributed by atoms with Crippen LogP contribution in [0.3, 0.4) is 0 Å². The SMILES string of the molecule is COC(=O)C(O)C(Sc1ccccc1C(=O)O)c1ccccc1CCCCCCCCc1ccccc1. The number of aliphatic hydroxyl groups is 1. The number of aliphatic hydroxyl groups excluding tert-OH is 1. The summed E-state index contributed by atoms with van der Waals surface area (Å²) >= 11 is 1.18. The molecule has 0 aliphatic rings. The van der Waals surface area contributed by atoms with Crippen LogP contribution in [0.1, 0.15) is 70.8 Å². The van der Waals surface area contributed by atoms with Crippen LogP contribution in [0, 0.1) is 0 Å². The Labute approximate surface area is 223 Å². The average molecular weight is 521 g/mol. The second-order valence-corrected chi connectivity index (χ2v) is 10.3. The summed E-state index contributed by atoms with van der Waals surface area (Å²) in [5, 5.41) is 19.8. The number of methoxy groups -OCH3 is 1. The normalized spacial score (nSPS) is 12.6. The van der Waals surface area contributed by atoms with Crippen LogP contribution in [0.5, 0.6) is 0 Å². The highest BCUT2D eigenvalue weighted by Gasteiger charge is 2.32. The van der Waals surface area contributed by atoms with Gasteiger partial charge < -0.3 is 14.9 Å².